The summed E-state index contributed by atoms with van der Waals surface area (Å²) in [7, 11) is -3.68. The van der Waals surface area contributed by atoms with E-state index in [1.54, 1.807) is 18.2 Å². The average molecular weight is 583 g/mol. The predicted molar refractivity (Wildman–Crippen MR) is 130 cm³/mol. The fourth-order valence-electron chi connectivity index (χ4n) is 3.95. The maximum Gasteiger partial charge on any atom is 0.218 e. The van der Waals surface area contributed by atoms with E-state index >= 15 is 0 Å². The van der Waals surface area contributed by atoms with Gasteiger partial charge < -0.3 is 5.32 Å². The fourth-order valence-corrected chi connectivity index (χ4v) is 6.44. The van der Waals surface area contributed by atoms with Gasteiger partial charge in [-0.2, -0.15) is 0 Å². The number of nitrogens with one attached hydrogen (secondary N) is 1. The van der Waals surface area contributed by atoms with E-state index < -0.39 is 27.4 Å². The number of anilines is 2. The Morgan fingerprint density at radius 2 is 1.87 bits per heavy atom. The van der Waals surface area contributed by atoms with Crippen LogP contribution in [0.4, 0.5) is 20.2 Å². The van der Waals surface area contributed by atoms with Gasteiger partial charge in [-0.05, 0) is 83.5 Å². The van der Waals surface area contributed by atoms with Gasteiger partial charge in [0.15, 0.2) is 11.6 Å². The molecule has 0 spiro atoms. The minimum absolute atomic E-state index is 0.165. The first kappa shape index (κ1) is 24.7. The van der Waals surface area contributed by atoms with E-state index in [2.05, 4.69) is 41.8 Å². The fraction of sp³-hybridized carbons (Fsp3) is 0.455. The number of hydrogen-bond donors (Lipinski definition) is 1. The number of hydrogen-bond acceptors (Lipinski definition) is 3. The van der Waals surface area contributed by atoms with Crippen molar-refractivity contribution in [3.8, 4) is 0 Å². The van der Waals surface area contributed by atoms with Crippen molar-refractivity contribution in [1.82, 2.24) is 4.31 Å². The van der Waals surface area contributed by atoms with Crippen LogP contribution >= 0.6 is 34.2 Å². The van der Waals surface area contributed by atoms with E-state index in [-0.39, 0.29) is 11.3 Å². The molecule has 1 N–H and O–H groups in total. The Kier molecular flexibility index (Phi) is 8.21. The number of sulfonamides is 1. The smallest absolute Gasteiger partial charge is 0.218 e. The lowest BCUT2D eigenvalue weighted by molar-refractivity contribution is 0.246. The Bertz CT molecular complexity index is 1040. The van der Waals surface area contributed by atoms with Crippen molar-refractivity contribution >= 4 is 55.6 Å². The average Bonchev–Trinajstić information content (AvgIpc) is 2.69. The summed E-state index contributed by atoms with van der Waals surface area (Å²) in [6, 6.07) is 7.36. The van der Waals surface area contributed by atoms with Gasteiger partial charge in [0, 0.05) is 16.7 Å². The Morgan fingerprint density at radius 1 is 1.19 bits per heavy atom. The van der Waals surface area contributed by atoms with Crippen LogP contribution < -0.4 is 5.32 Å². The molecule has 0 saturated carbocycles. The SMILES string of the molecule is CC(C)CC1CCN(S(=O)(=O)Cc2ccc(F)c(F)c2Nc2ccc(I)cc2Cl)CC1. The van der Waals surface area contributed by atoms with Crippen molar-refractivity contribution in [2.24, 2.45) is 11.8 Å². The maximum absolute atomic E-state index is 14.7. The third kappa shape index (κ3) is 6.30. The molecular weight excluding hydrogens is 557 g/mol. The van der Waals surface area contributed by atoms with Crippen molar-refractivity contribution < 1.29 is 17.2 Å². The van der Waals surface area contributed by atoms with Gasteiger partial charge in [-0.25, -0.2) is 21.5 Å². The highest BCUT2D eigenvalue weighted by atomic mass is 127. The van der Waals surface area contributed by atoms with E-state index in [1.165, 1.54) is 10.4 Å². The van der Waals surface area contributed by atoms with Crippen LogP contribution in [0, 0.1) is 27.0 Å². The third-order valence-corrected chi connectivity index (χ3v) is 8.29. The lowest BCUT2D eigenvalue weighted by atomic mass is 9.89. The van der Waals surface area contributed by atoms with Gasteiger partial charge in [-0.3, -0.25) is 0 Å². The van der Waals surface area contributed by atoms with Gasteiger partial charge in [0.1, 0.15) is 0 Å². The van der Waals surface area contributed by atoms with Gasteiger partial charge in [-0.1, -0.05) is 31.5 Å². The molecule has 0 unspecified atom stereocenters. The summed E-state index contributed by atoms with van der Waals surface area (Å²) >= 11 is 8.31. The first-order chi connectivity index (χ1) is 14.6. The van der Waals surface area contributed by atoms with Crippen LogP contribution in [0.2, 0.25) is 5.02 Å². The van der Waals surface area contributed by atoms with E-state index in [9.17, 15) is 17.2 Å². The molecule has 1 heterocycles. The Balaban J connectivity index is 1.82. The molecule has 0 radical (unpaired) electrons. The molecule has 9 heteroatoms. The van der Waals surface area contributed by atoms with Gasteiger partial charge in [0.25, 0.3) is 0 Å². The monoisotopic (exact) mass is 582 g/mol. The van der Waals surface area contributed by atoms with E-state index in [0.29, 0.717) is 35.6 Å². The summed E-state index contributed by atoms with van der Waals surface area (Å²) < 4.78 is 57.1. The number of benzene rings is 2. The molecule has 170 valence electrons. The quantitative estimate of drug-likeness (QED) is 0.377. The number of piperidine rings is 1. The molecule has 1 aliphatic heterocycles. The number of nitrogens with zero attached hydrogens (tertiary/aromatic N) is 1. The van der Waals surface area contributed by atoms with Crippen molar-refractivity contribution in [2.75, 3.05) is 18.4 Å². The molecule has 2 aromatic carbocycles. The highest BCUT2D eigenvalue weighted by Crippen LogP contribution is 2.33. The van der Waals surface area contributed by atoms with E-state index in [4.69, 9.17) is 11.6 Å². The normalized spacial score (nSPS) is 16.1. The summed E-state index contributed by atoms with van der Waals surface area (Å²) in [6.07, 6.45) is 2.72. The van der Waals surface area contributed by atoms with Gasteiger partial charge in [0.05, 0.1) is 22.2 Å². The maximum atomic E-state index is 14.7. The molecule has 0 atom stereocenters. The summed E-state index contributed by atoms with van der Waals surface area (Å²) in [6.45, 7) is 5.24. The zero-order valence-corrected chi connectivity index (χ0v) is 21.2. The second-order valence-corrected chi connectivity index (χ2v) is 12.0. The molecule has 3 rings (SSSR count). The lowest BCUT2D eigenvalue weighted by Gasteiger charge is -2.32. The highest BCUT2D eigenvalue weighted by molar-refractivity contribution is 14.1. The van der Waals surface area contributed by atoms with Crippen LogP contribution in [0.1, 0.15) is 38.7 Å². The molecule has 2 aromatic rings. The summed E-state index contributed by atoms with van der Waals surface area (Å²) in [5.41, 5.74) is 0.332. The molecule has 31 heavy (non-hydrogen) atoms. The van der Waals surface area contributed by atoms with Crippen LogP contribution in [0.5, 0.6) is 0 Å². The van der Waals surface area contributed by atoms with E-state index in [1.807, 2.05) is 0 Å². The van der Waals surface area contributed by atoms with Crippen molar-refractivity contribution in [3.63, 3.8) is 0 Å². The third-order valence-electron chi connectivity index (χ3n) is 5.48. The van der Waals surface area contributed by atoms with Gasteiger partial charge >= 0.3 is 0 Å². The first-order valence-corrected chi connectivity index (χ1v) is 13.3. The molecule has 4 nitrogen and oxygen atoms in total. The molecule has 1 saturated heterocycles. The van der Waals surface area contributed by atoms with Crippen molar-refractivity contribution in [3.05, 3.63) is 56.1 Å². The summed E-state index contributed by atoms with van der Waals surface area (Å²) in [5, 5.41) is 3.13. The van der Waals surface area contributed by atoms with Gasteiger partial charge in [-0.15, -0.1) is 0 Å². The molecule has 1 aliphatic rings. The second-order valence-electron chi connectivity index (χ2n) is 8.37. The number of rotatable bonds is 7. The van der Waals surface area contributed by atoms with Gasteiger partial charge in [0.2, 0.25) is 10.0 Å². The van der Waals surface area contributed by atoms with Crippen LogP contribution in [0.3, 0.4) is 0 Å². The molecule has 0 aromatic heterocycles. The van der Waals surface area contributed by atoms with E-state index in [0.717, 1.165) is 28.9 Å². The second kappa shape index (κ2) is 10.3. The molecule has 0 amide bonds. The number of halogens is 4. The van der Waals surface area contributed by atoms with Crippen LogP contribution in [0.15, 0.2) is 30.3 Å². The molecule has 0 aliphatic carbocycles. The largest absolute Gasteiger partial charge is 0.352 e. The zero-order chi connectivity index (χ0) is 22.8. The highest BCUT2D eigenvalue weighted by Gasteiger charge is 2.30. The molecular formula is C22H26ClF2IN2O2S. The zero-order valence-electron chi connectivity index (χ0n) is 17.5. The van der Waals surface area contributed by atoms with Crippen molar-refractivity contribution in [2.45, 2.75) is 38.9 Å². The molecule has 1 fully saturated rings. The van der Waals surface area contributed by atoms with Crippen LogP contribution in [-0.2, 0) is 15.8 Å². The minimum Gasteiger partial charge on any atom is -0.352 e. The minimum atomic E-state index is -3.68. The first-order valence-electron chi connectivity index (χ1n) is 10.2. The molecule has 0 bridgehead atoms. The Hall–Kier alpha value is -0.970. The van der Waals surface area contributed by atoms with Crippen molar-refractivity contribution in [1.29, 1.82) is 0 Å². The standard InChI is InChI=1S/C22H26ClF2IN2O2S/c1-14(2)11-15-7-9-28(10-8-15)31(29,30)13-16-3-5-19(24)21(25)22(16)27-20-6-4-17(26)12-18(20)23/h3-6,12,14-15,27H,7-11,13H2,1-2H3. The topological polar surface area (TPSA) is 49.4 Å². The summed E-state index contributed by atoms with van der Waals surface area (Å²) in [4.78, 5) is 0. The Labute approximate surface area is 201 Å². The Morgan fingerprint density at radius 3 is 2.48 bits per heavy atom. The lowest BCUT2D eigenvalue weighted by Crippen LogP contribution is -2.39. The summed E-state index contributed by atoms with van der Waals surface area (Å²) in [5.74, 6) is -1.49. The van der Waals surface area contributed by atoms with Crippen LogP contribution in [-0.4, -0.2) is 25.8 Å². The predicted octanol–water partition coefficient (Wildman–Crippen LogP) is 6.55. The van der Waals surface area contributed by atoms with Crippen LogP contribution in [0.25, 0.3) is 0 Å².